The zero-order valence-corrected chi connectivity index (χ0v) is 8.24. The molecule has 0 aliphatic carbocycles. The minimum absolute atomic E-state index is 0.0365. The predicted octanol–water partition coefficient (Wildman–Crippen LogP) is 3.40. The highest BCUT2D eigenvalue weighted by Gasteiger charge is 2.13. The molecule has 0 amide bonds. The molecule has 1 aromatic carbocycles. The first-order valence-electron chi connectivity index (χ1n) is 4.04. The summed E-state index contributed by atoms with van der Waals surface area (Å²) in [5, 5.41) is 2.06. The topological polar surface area (TPSA) is 12.9 Å². The van der Waals surface area contributed by atoms with Gasteiger partial charge < -0.3 is 0 Å². The highest BCUT2D eigenvalue weighted by molar-refractivity contribution is 7.13. The maximum absolute atomic E-state index is 13.4. The Labute approximate surface area is 84.0 Å². The molecule has 0 aliphatic rings. The number of hydrogen-bond donors (Lipinski definition) is 0. The third-order valence-corrected chi connectivity index (χ3v) is 2.62. The largest absolute Gasteiger partial charge is 0.244 e. The minimum Gasteiger partial charge on any atom is -0.244 e. The van der Waals surface area contributed by atoms with E-state index in [1.54, 1.807) is 12.3 Å². The number of hydrogen-bond acceptors (Lipinski definition) is 2. The lowest BCUT2D eigenvalue weighted by atomic mass is 10.1. The van der Waals surface area contributed by atoms with E-state index in [9.17, 15) is 8.78 Å². The Morgan fingerprint density at radius 2 is 1.86 bits per heavy atom. The maximum atomic E-state index is 13.4. The zero-order valence-electron chi connectivity index (χ0n) is 7.42. The number of nitrogens with zero attached hydrogens (tertiary/aromatic N) is 1. The highest BCUT2D eigenvalue weighted by atomic mass is 32.1. The molecule has 1 heterocycles. The number of thiazole rings is 1. The van der Waals surface area contributed by atoms with Crippen molar-refractivity contribution in [3.8, 4) is 10.6 Å². The number of aromatic nitrogens is 1. The molecule has 4 heteroatoms. The summed E-state index contributed by atoms with van der Waals surface area (Å²) in [5.74, 6) is -1.12. The Kier molecular flexibility index (Phi) is 2.29. The molecule has 0 saturated carbocycles. The van der Waals surface area contributed by atoms with Gasteiger partial charge in [0.2, 0.25) is 0 Å². The molecule has 0 fully saturated rings. The van der Waals surface area contributed by atoms with E-state index in [4.69, 9.17) is 0 Å². The molecule has 14 heavy (non-hydrogen) atoms. The van der Waals surface area contributed by atoms with Gasteiger partial charge in [0.15, 0.2) is 0 Å². The monoisotopic (exact) mass is 211 g/mol. The van der Waals surface area contributed by atoms with Gasteiger partial charge in [-0.25, -0.2) is 13.8 Å². The van der Waals surface area contributed by atoms with Crippen LogP contribution in [0.2, 0.25) is 0 Å². The number of rotatable bonds is 1. The summed E-state index contributed by atoms with van der Waals surface area (Å²) in [5.41, 5.74) is 0.533. The van der Waals surface area contributed by atoms with Crippen LogP contribution in [-0.2, 0) is 0 Å². The Hall–Kier alpha value is -1.29. The smallest absolute Gasteiger partial charge is 0.136 e. The summed E-state index contributed by atoms with van der Waals surface area (Å²) < 4.78 is 26.8. The van der Waals surface area contributed by atoms with E-state index in [1.165, 1.54) is 29.7 Å². The Morgan fingerprint density at radius 1 is 1.21 bits per heavy atom. The molecule has 0 unspecified atom stereocenters. The van der Waals surface area contributed by atoms with Crippen molar-refractivity contribution in [1.82, 2.24) is 4.98 Å². The van der Waals surface area contributed by atoms with Gasteiger partial charge in [-0.2, -0.15) is 0 Å². The van der Waals surface area contributed by atoms with E-state index in [0.29, 0.717) is 10.6 Å². The van der Waals surface area contributed by atoms with Crippen LogP contribution in [-0.4, -0.2) is 4.98 Å². The van der Waals surface area contributed by atoms with Gasteiger partial charge in [-0.05, 0) is 24.6 Å². The molecule has 0 saturated heterocycles. The van der Waals surface area contributed by atoms with E-state index >= 15 is 0 Å². The quantitative estimate of drug-likeness (QED) is 0.704. The molecule has 2 rings (SSSR count). The maximum Gasteiger partial charge on any atom is 0.136 e. The molecule has 0 N–H and O–H groups in total. The second-order valence-electron chi connectivity index (χ2n) is 2.94. The van der Waals surface area contributed by atoms with Crippen molar-refractivity contribution in [2.45, 2.75) is 6.92 Å². The first kappa shape index (κ1) is 9.27. The van der Waals surface area contributed by atoms with Crippen molar-refractivity contribution in [3.05, 3.63) is 40.9 Å². The average Bonchev–Trinajstić information content (AvgIpc) is 2.54. The van der Waals surface area contributed by atoms with Gasteiger partial charge in [-0.3, -0.25) is 0 Å². The van der Waals surface area contributed by atoms with Gasteiger partial charge in [0, 0.05) is 11.6 Å². The van der Waals surface area contributed by atoms with Gasteiger partial charge in [0.1, 0.15) is 16.6 Å². The Morgan fingerprint density at radius 3 is 2.36 bits per heavy atom. The van der Waals surface area contributed by atoms with E-state index in [0.717, 1.165) is 0 Å². The van der Waals surface area contributed by atoms with Crippen LogP contribution in [0.5, 0.6) is 0 Å². The number of halogens is 2. The molecule has 1 aromatic heterocycles. The summed E-state index contributed by atoms with van der Waals surface area (Å²) in [7, 11) is 0. The molecule has 0 spiro atoms. The molecule has 0 radical (unpaired) electrons. The van der Waals surface area contributed by atoms with E-state index in [2.05, 4.69) is 4.98 Å². The molecule has 0 aliphatic heterocycles. The summed E-state index contributed by atoms with van der Waals surface area (Å²) in [6, 6.07) is 2.61. The van der Waals surface area contributed by atoms with Crippen LogP contribution in [0.25, 0.3) is 10.6 Å². The lowest BCUT2D eigenvalue weighted by Gasteiger charge is -2.02. The van der Waals surface area contributed by atoms with Crippen LogP contribution >= 0.6 is 11.3 Å². The second kappa shape index (κ2) is 3.46. The van der Waals surface area contributed by atoms with Gasteiger partial charge in [-0.1, -0.05) is 0 Å². The first-order valence-corrected chi connectivity index (χ1v) is 4.92. The summed E-state index contributed by atoms with van der Waals surface area (Å²) in [6.07, 6.45) is 1.53. The minimum atomic E-state index is -0.558. The fourth-order valence-corrected chi connectivity index (χ4v) is 1.94. The Balaban J connectivity index is 2.64. The van der Waals surface area contributed by atoms with Crippen LogP contribution in [0.15, 0.2) is 23.7 Å². The fraction of sp³-hybridized carbons (Fsp3) is 0.100. The van der Waals surface area contributed by atoms with E-state index < -0.39 is 11.6 Å². The van der Waals surface area contributed by atoms with Crippen LogP contribution in [0.1, 0.15) is 5.56 Å². The SMILES string of the molecule is Cc1cc(F)c(-c2nccs2)c(F)c1. The summed E-state index contributed by atoms with van der Waals surface area (Å²) >= 11 is 1.22. The number of benzene rings is 1. The van der Waals surface area contributed by atoms with Crippen molar-refractivity contribution >= 4 is 11.3 Å². The van der Waals surface area contributed by atoms with Crippen molar-refractivity contribution in [3.63, 3.8) is 0 Å². The van der Waals surface area contributed by atoms with Gasteiger partial charge >= 0.3 is 0 Å². The fourth-order valence-electron chi connectivity index (χ4n) is 1.25. The average molecular weight is 211 g/mol. The molecule has 2 aromatic rings. The van der Waals surface area contributed by atoms with Crippen LogP contribution < -0.4 is 0 Å². The lowest BCUT2D eigenvalue weighted by Crippen LogP contribution is -1.90. The summed E-state index contributed by atoms with van der Waals surface area (Å²) in [6.45, 7) is 1.65. The summed E-state index contributed by atoms with van der Waals surface area (Å²) in [4.78, 5) is 3.88. The van der Waals surface area contributed by atoms with Crippen LogP contribution in [0.4, 0.5) is 8.78 Å². The molecule has 0 atom stereocenters. The molecular formula is C10H7F2NS. The highest BCUT2D eigenvalue weighted by Crippen LogP contribution is 2.28. The van der Waals surface area contributed by atoms with Crippen molar-refractivity contribution in [2.75, 3.05) is 0 Å². The molecule has 1 nitrogen and oxygen atoms in total. The first-order chi connectivity index (χ1) is 6.68. The van der Waals surface area contributed by atoms with E-state index in [-0.39, 0.29) is 5.56 Å². The lowest BCUT2D eigenvalue weighted by molar-refractivity contribution is 0.587. The van der Waals surface area contributed by atoms with E-state index in [1.807, 2.05) is 0 Å². The van der Waals surface area contributed by atoms with Gasteiger partial charge in [0.05, 0.1) is 5.56 Å². The van der Waals surface area contributed by atoms with Gasteiger partial charge in [0.25, 0.3) is 0 Å². The standard InChI is InChI=1S/C10H7F2NS/c1-6-4-7(11)9(8(12)5-6)10-13-2-3-14-10/h2-5H,1H3. The molecular weight excluding hydrogens is 204 g/mol. The second-order valence-corrected chi connectivity index (χ2v) is 3.84. The van der Waals surface area contributed by atoms with Crippen LogP contribution in [0, 0.1) is 18.6 Å². The third-order valence-electron chi connectivity index (χ3n) is 1.83. The van der Waals surface area contributed by atoms with Crippen molar-refractivity contribution < 1.29 is 8.78 Å². The third kappa shape index (κ3) is 1.53. The molecule has 72 valence electrons. The predicted molar refractivity (Wildman–Crippen MR) is 52.2 cm³/mol. The van der Waals surface area contributed by atoms with Gasteiger partial charge in [-0.15, -0.1) is 11.3 Å². The molecule has 0 bridgehead atoms. The zero-order chi connectivity index (χ0) is 10.1. The van der Waals surface area contributed by atoms with Crippen molar-refractivity contribution in [1.29, 1.82) is 0 Å². The van der Waals surface area contributed by atoms with Crippen LogP contribution in [0.3, 0.4) is 0 Å². The number of aryl methyl sites for hydroxylation is 1. The van der Waals surface area contributed by atoms with Crippen molar-refractivity contribution in [2.24, 2.45) is 0 Å². The Bertz CT molecular complexity index is 428. The normalized spacial score (nSPS) is 10.5.